The van der Waals surface area contributed by atoms with E-state index in [-0.39, 0.29) is 24.2 Å². The Balaban J connectivity index is 1.98. The third kappa shape index (κ3) is 1.98. The smallest absolute Gasteiger partial charge is 0.230 e. The molecule has 15 heavy (non-hydrogen) atoms. The molecule has 0 bridgehead atoms. The lowest BCUT2D eigenvalue weighted by atomic mass is 10.1. The molecule has 2 amide bonds. The molecular weight excluding hydrogens is 196 g/mol. The first kappa shape index (κ1) is 9.70. The molecule has 2 rings (SSSR count). The minimum Gasteiger partial charge on any atom is -0.355 e. The van der Waals surface area contributed by atoms with Crippen molar-refractivity contribution in [3.63, 3.8) is 0 Å². The zero-order valence-corrected chi connectivity index (χ0v) is 8.33. The van der Waals surface area contributed by atoms with Gasteiger partial charge in [0.25, 0.3) is 0 Å². The van der Waals surface area contributed by atoms with Gasteiger partial charge in [-0.1, -0.05) is 0 Å². The molecule has 80 valence electrons. The number of carbonyl (C=O) groups is 2. The normalized spacial score (nSPS) is 20.1. The molecule has 1 unspecified atom stereocenters. The number of anilines is 1. The first-order valence-corrected chi connectivity index (χ1v) is 4.74. The molecule has 0 spiro atoms. The van der Waals surface area contributed by atoms with E-state index < -0.39 is 0 Å². The van der Waals surface area contributed by atoms with Crippen molar-refractivity contribution in [3.8, 4) is 0 Å². The van der Waals surface area contributed by atoms with Crippen LogP contribution in [0.1, 0.15) is 12.0 Å². The fourth-order valence-corrected chi connectivity index (χ4v) is 1.49. The number of aromatic nitrogens is 2. The number of nitrogens with zero attached hydrogens (tertiary/aromatic N) is 1. The van der Waals surface area contributed by atoms with Crippen LogP contribution < -0.4 is 10.6 Å². The first-order chi connectivity index (χ1) is 7.16. The zero-order valence-electron chi connectivity index (χ0n) is 8.33. The van der Waals surface area contributed by atoms with Crippen molar-refractivity contribution in [3.05, 3.63) is 11.8 Å². The lowest BCUT2D eigenvalue weighted by Crippen LogP contribution is -2.25. The van der Waals surface area contributed by atoms with Crippen LogP contribution in [0.2, 0.25) is 0 Å². The van der Waals surface area contributed by atoms with Gasteiger partial charge >= 0.3 is 0 Å². The summed E-state index contributed by atoms with van der Waals surface area (Å²) in [4.78, 5) is 22.6. The van der Waals surface area contributed by atoms with Crippen LogP contribution in [0.15, 0.2) is 6.20 Å². The predicted molar refractivity (Wildman–Crippen MR) is 53.1 cm³/mol. The molecule has 0 aliphatic carbocycles. The Bertz CT molecular complexity index is 399. The molecule has 6 nitrogen and oxygen atoms in total. The highest BCUT2D eigenvalue weighted by Crippen LogP contribution is 2.14. The summed E-state index contributed by atoms with van der Waals surface area (Å²) in [6.07, 6.45) is 1.90. The fraction of sp³-hybridized carbons (Fsp3) is 0.444. The van der Waals surface area contributed by atoms with E-state index in [1.54, 1.807) is 6.20 Å². The Labute approximate surface area is 86.4 Å². The summed E-state index contributed by atoms with van der Waals surface area (Å²) in [6.45, 7) is 2.26. The molecule has 1 aromatic heterocycles. The van der Waals surface area contributed by atoms with E-state index in [1.807, 2.05) is 6.92 Å². The van der Waals surface area contributed by atoms with Crippen molar-refractivity contribution in [2.24, 2.45) is 5.92 Å². The molecule has 3 N–H and O–H groups in total. The molecule has 1 atom stereocenters. The maximum atomic E-state index is 11.7. The number of H-pyrrole nitrogens is 1. The Morgan fingerprint density at radius 2 is 2.47 bits per heavy atom. The Hall–Kier alpha value is -1.85. The third-order valence-electron chi connectivity index (χ3n) is 2.43. The van der Waals surface area contributed by atoms with Crippen molar-refractivity contribution in [1.82, 2.24) is 15.5 Å². The van der Waals surface area contributed by atoms with Crippen LogP contribution in [0.25, 0.3) is 0 Å². The number of rotatable bonds is 2. The summed E-state index contributed by atoms with van der Waals surface area (Å²) in [5.41, 5.74) is 0.876. The van der Waals surface area contributed by atoms with Gasteiger partial charge in [-0.2, -0.15) is 5.10 Å². The van der Waals surface area contributed by atoms with Gasteiger partial charge in [0, 0.05) is 18.5 Å². The highest BCUT2D eigenvalue weighted by atomic mass is 16.2. The predicted octanol–water partition coefficient (Wildman–Crippen LogP) is -0.207. The van der Waals surface area contributed by atoms with Crippen LogP contribution >= 0.6 is 0 Å². The van der Waals surface area contributed by atoms with Crippen molar-refractivity contribution in [2.45, 2.75) is 13.3 Å². The number of aromatic amines is 1. The number of carbonyl (C=O) groups excluding carboxylic acids is 2. The number of hydrogen-bond acceptors (Lipinski definition) is 3. The maximum absolute atomic E-state index is 11.7. The molecule has 1 aromatic rings. The molecule has 1 aliphatic rings. The summed E-state index contributed by atoms with van der Waals surface area (Å²) in [5.74, 6) is 0.0942. The van der Waals surface area contributed by atoms with Gasteiger partial charge in [0.2, 0.25) is 11.8 Å². The van der Waals surface area contributed by atoms with Gasteiger partial charge in [-0.15, -0.1) is 0 Å². The van der Waals surface area contributed by atoms with E-state index in [2.05, 4.69) is 20.8 Å². The van der Waals surface area contributed by atoms with Crippen LogP contribution in [0.3, 0.4) is 0 Å². The highest BCUT2D eigenvalue weighted by Gasteiger charge is 2.28. The second-order valence-corrected chi connectivity index (χ2v) is 3.62. The third-order valence-corrected chi connectivity index (χ3v) is 2.43. The Kier molecular flexibility index (Phi) is 2.40. The molecule has 0 saturated carbocycles. The number of hydrogen-bond donors (Lipinski definition) is 3. The van der Waals surface area contributed by atoms with Gasteiger partial charge in [0.1, 0.15) is 5.82 Å². The minimum atomic E-state index is -0.278. The number of amides is 2. The largest absolute Gasteiger partial charge is 0.355 e. The molecule has 0 radical (unpaired) electrons. The maximum Gasteiger partial charge on any atom is 0.230 e. The molecule has 0 aromatic carbocycles. The molecule has 1 aliphatic heterocycles. The van der Waals surface area contributed by atoms with E-state index in [9.17, 15) is 9.59 Å². The van der Waals surface area contributed by atoms with Crippen molar-refractivity contribution < 1.29 is 9.59 Å². The lowest BCUT2D eigenvalue weighted by Gasteiger charge is -2.07. The summed E-state index contributed by atoms with van der Waals surface area (Å²) in [6, 6.07) is 0. The Morgan fingerprint density at radius 3 is 3.00 bits per heavy atom. The van der Waals surface area contributed by atoms with E-state index in [0.29, 0.717) is 12.4 Å². The first-order valence-electron chi connectivity index (χ1n) is 4.74. The quantitative estimate of drug-likeness (QED) is 0.628. The van der Waals surface area contributed by atoms with Crippen LogP contribution in [-0.4, -0.2) is 28.6 Å². The molecule has 1 fully saturated rings. The van der Waals surface area contributed by atoms with E-state index in [0.717, 1.165) is 5.56 Å². The second-order valence-electron chi connectivity index (χ2n) is 3.62. The summed E-state index contributed by atoms with van der Waals surface area (Å²) in [5, 5.41) is 11.8. The van der Waals surface area contributed by atoms with Crippen LogP contribution in [0.4, 0.5) is 5.82 Å². The van der Waals surface area contributed by atoms with E-state index in [1.165, 1.54) is 0 Å². The van der Waals surface area contributed by atoms with E-state index >= 15 is 0 Å². The summed E-state index contributed by atoms with van der Waals surface area (Å²) >= 11 is 0. The Morgan fingerprint density at radius 1 is 1.67 bits per heavy atom. The number of nitrogens with one attached hydrogen (secondary N) is 3. The van der Waals surface area contributed by atoms with E-state index in [4.69, 9.17) is 0 Å². The number of aryl methyl sites for hydroxylation is 1. The van der Waals surface area contributed by atoms with Crippen molar-refractivity contribution >= 4 is 17.6 Å². The lowest BCUT2D eigenvalue weighted by molar-refractivity contribution is -0.123. The molecular formula is C9H12N4O2. The van der Waals surface area contributed by atoms with Gasteiger partial charge in [0.05, 0.1) is 12.1 Å². The van der Waals surface area contributed by atoms with Gasteiger partial charge in [-0.05, 0) is 6.92 Å². The van der Waals surface area contributed by atoms with Crippen molar-refractivity contribution in [2.75, 3.05) is 11.9 Å². The molecule has 1 saturated heterocycles. The summed E-state index contributed by atoms with van der Waals surface area (Å²) < 4.78 is 0. The van der Waals surface area contributed by atoms with Crippen LogP contribution in [0.5, 0.6) is 0 Å². The minimum absolute atomic E-state index is 0.0727. The molecule has 6 heteroatoms. The standard InChI is InChI=1S/C9H12N4O2/c1-5-3-11-13-8(5)12-9(15)6-2-7(14)10-4-6/h3,6H,2,4H2,1H3,(H,10,14)(H2,11,12,13,15). The average Bonchev–Trinajstić information content (AvgIpc) is 2.77. The fourth-order valence-electron chi connectivity index (χ4n) is 1.49. The average molecular weight is 208 g/mol. The second kappa shape index (κ2) is 3.72. The highest BCUT2D eigenvalue weighted by molar-refractivity contribution is 5.96. The molecule has 2 heterocycles. The zero-order chi connectivity index (χ0) is 10.8. The van der Waals surface area contributed by atoms with Gasteiger partial charge in [-0.3, -0.25) is 14.7 Å². The van der Waals surface area contributed by atoms with Gasteiger partial charge in [-0.25, -0.2) is 0 Å². The van der Waals surface area contributed by atoms with Gasteiger partial charge in [0.15, 0.2) is 0 Å². The van der Waals surface area contributed by atoms with Crippen molar-refractivity contribution in [1.29, 1.82) is 0 Å². The topological polar surface area (TPSA) is 86.9 Å². The van der Waals surface area contributed by atoms with Gasteiger partial charge < -0.3 is 10.6 Å². The van der Waals surface area contributed by atoms with Crippen LogP contribution in [-0.2, 0) is 9.59 Å². The monoisotopic (exact) mass is 208 g/mol. The van der Waals surface area contributed by atoms with Crippen LogP contribution in [0, 0.1) is 12.8 Å². The SMILES string of the molecule is Cc1cn[nH]c1NC(=O)C1CNC(=O)C1. The summed E-state index contributed by atoms with van der Waals surface area (Å²) in [7, 11) is 0.